The SMILES string of the molecule is COCCN(C(=O)c1csnn1)C(C(=O)NC(C)(C)C)c1c(F)cccc1Cl. The summed E-state index contributed by atoms with van der Waals surface area (Å²) < 4.78 is 23.5. The minimum absolute atomic E-state index is 0.0275. The van der Waals surface area contributed by atoms with Crippen LogP contribution in [0, 0.1) is 5.82 Å². The van der Waals surface area contributed by atoms with Gasteiger partial charge >= 0.3 is 0 Å². The third-order valence-electron chi connectivity index (χ3n) is 3.71. The van der Waals surface area contributed by atoms with Gasteiger partial charge in [-0.2, -0.15) is 0 Å². The van der Waals surface area contributed by atoms with Gasteiger partial charge in [0.05, 0.1) is 6.61 Å². The number of hydrogen-bond acceptors (Lipinski definition) is 6. The summed E-state index contributed by atoms with van der Waals surface area (Å²) in [6.45, 7) is 5.53. The molecule has 0 fully saturated rings. The molecule has 1 aromatic carbocycles. The second kappa shape index (κ2) is 9.40. The number of methoxy groups -OCH3 is 1. The number of ether oxygens (including phenoxy) is 1. The quantitative estimate of drug-likeness (QED) is 0.732. The number of nitrogens with one attached hydrogen (secondary N) is 1. The van der Waals surface area contributed by atoms with E-state index in [9.17, 15) is 14.0 Å². The average molecular weight is 429 g/mol. The first-order chi connectivity index (χ1) is 13.2. The molecule has 7 nitrogen and oxygen atoms in total. The molecule has 1 N–H and O–H groups in total. The summed E-state index contributed by atoms with van der Waals surface area (Å²) in [5, 5.41) is 8.08. The first kappa shape index (κ1) is 22.2. The van der Waals surface area contributed by atoms with Crippen LogP contribution in [0.3, 0.4) is 0 Å². The summed E-state index contributed by atoms with van der Waals surface area (Å²) >= 11 is 7.23. The number of rotatable bonds is 7. The molecule has 0 aliphatic heterocycles. The van der Waals surface area contributed by atoms with Crippen LogP contribution in [0.15, 0.2) is 23.6 Å². The van der Waals surface area contributed by atoms with Gasteiger partial charge in [-0.05, 0) is 44.4 Å². The van der Waals surface area contributed by atoms with E-state index in [1.807, 2.05) is 0 Å². The summed E-state index contributed by atoms with van der Waals surface area (Å²) in [6.07, 6.45) is 0. The Hall–Kier alpha value is -2.10. The highest BCUT2D eigenvalue weighted by Crippen LogP contribution is 2.32. The van der Waals surface area contributed by atoms with Crippen molar-refractivity contribution in [1.29, 1.82) is 0 Å². The minimum atomic E-state index is -1.31. The van der Waals surface area contributed by atoms with Gasteiger partial charge in [-0.1, -0.05) is 22.2 Å². The van der Waals surface area contributed by atoms with Crippen LogP contribution < -0.4 is 5.32 Å². The zero-order valence-corrected chi connectivity index (χ0v) is 17.6. The molecule has 0 aliphatic carbocycles. The fourth-order valence-corrected chi connectivity index (χ4v) is 3.28. The molecule has 10 heteroatoms. The van der Waals surface area contributed by atoms with Gasteiger partial charge in [-0.3, -0.25) is 9.59 Å². The van der Waals surface area contributed by atoms with Gasteiger partial charge in [-0.25, -0.2) is 4.39 Å². The van der Waals surface area contributed by atoms with E-state index >= 15 is 0 Å². The molecule has 2 aromatic rings. The molecular weight excluding hydrogens is 407 g/mol. The van der Waals surface area contributed by atoms with Crippen LogP contribution in [0.25, 0.3) is 0 Å². The molecule has 0 spiro atoms. The van der Waals surface area contributed by atoms with Crippen molar-refractivity contribution in [2.75, 3.05) is 20.3 Å². The lowest BCUT2D eigenvalue weighted by Gasteiger charge is -2.33. The Morgan fingerprint density at radius 2 is 2.11 bits per heavy atom. The lowest BCUT2D eigenvalue weighted by molar-refractivity contribution is -0.127. The molecular formula is C18H22ClFN4O3S. The van der Waals surface area contributed by atoms with Crippen molar-refractivity contribution in [2.45, 2.75) is 32.4 Å². The molecule has 28 heavy (non-hydrogen) atoms. The number of benzene rings is 1. The molecule has 0 saturated carbocycles. The lowest BCUT2D eigenvalue weighted by Crippen LogP contribution is -2.50. The van der Waals surface area contributed by atoms with Gasteiger partial charge in [0.1, 0.15) is 11.9 Å². The Balaban J connectivity index is 2.58. The molecule has 1 aromatic heterocycles. The molecule has 0 radical (unpaired) electrons. The number of hydrogen-bond donors (Lipinski definition) is 1. The molecule has 1 atom stereocenters. The monoisotopic (exact) mass is 428 g/mol. The van der Waals surface area contributed by atoms with Crippen molar-refractivity contribution in [3.63, 3.8) is 0 Å². The predicted molar refractivity (Wildman–Crippen MR) is 105 cm³/mol. The fraction of sp³-hybridized carbons (Fsp3) is 0.444. The highest BCUT2D eigenvalue weighted by molar-refractivity contribution is 7.03. The Kier molecular flexibility index (Phi) is 7.45. The summed E-state index contributed by atoms with van der Waals surface area (Å²) in [7, 11) is 1.47. The van der Waals surface area contributed by atoms with Gasteiger partial charge in [-0.15, -0.1) is 5.10 Å². The van der Waals surface area contributed by atoms with Gasteiger partial charge < -0.3 is 15.0 Å². The summed E-state index contributed by atoms with van der Waals surface area (Å²) in [6, 6.07) is 2.80. The number of carbonyl (C=O) groups is 2. The standard InChI is InChI=1S/C18H22ClFN4O3S/c1-18(2,3)21-16(25)15(14-11(19)6-5-7-12(14)20)24(8-9-27-4)17(26)13-10-28-23-22-13/h5-7,10,15H,8-9H2,1-4H3,(H,21,25). The predicted octanol–water partition coefficient (Wildman–Crippen LogP) is 3.08. The van der Waals surface area contributed by atoms with Crippen molar-refractivity contribution in [2.24, 2.45) is 0 Å². The zero-order chi connectivity index (χ0) is 20.9. The highest BCUT2D eigenvalue weighted by Gasteiger charge is 2.37. The first-order valence-corrected chi connectivity index (χ1v) is 9.70. The average Bonchev–Trinajstić information content (AvgIpc) is 3.12. The van der Waals surface area contributed by atoms with E-state index in [-0.39, 0.29) is 29.4 Å². The summed E-state index contributed by atoms with van der Waals surface area (Å²) in [5.41, 5.74) is -0.633. The molecule has 2 rings (SSSR count). The molecule has 1 unspecified atom stereocenters. The number of carbonyl (C=O) groups excluding carboxylic acids is 2. The van der Waals surface area contributed by atoms with Gasteiger partial charge in [0.2, 0.25) is 5.91 Å². The number of amides is 2. The maximum atomic E-state index is 14.7. The normalized spacial score (nSPS) is 12.5. The van der Waals surface area contributed by atoms with Crippen LogP contribution in [0.4, 0.5) is 4.39 Å². The summed E-state index contributed by atoms with van der Waals surface area (Å²) in [5.74, 6) is -1.82. The van der Waals surface area contributed by atoms with Crippen LogP contribution in [-0.4, -0.2) is 52.1 Å². The number of aromatic nitrogens is 2. The van der Waals surface area contributed by atoms with Gasteiger partial charge in [0.25, 0.3) is 5.91 Å². The molecule has 0 saturated heterocycles. The topological polar surface area (TPSA) is 84.4 Å². The number of halogens is 2. The zero-order valence-electron chi connectivity index (χ0n) is 16.0. The second-order valence-corrected chi connectivity index (χ2v) is 8.08. The molecule has 0 aliphatic rings. The molecule has 2 amide bonds. The smallest absolute Gasteiger partial charge is 0.276 e. The summed E-state index contributed by atoms with van der Waals surface area (Å²) in [4.78, 5) is 27.4. The van der Waals surface area contributed by atoms with Gasteiger partial charge in [0, 0.05) is 35.2 Å². The van der Waals surface area contributed by atoms with Crippen LogP contribution in [0.1, 0.15) is 42.9 Å². The maximum absolute atomic E-state index is 14.7. The third-order valence-corrected chi connectivity index (χ3v) is 4.54. The molecule has 1 heterocycles. The second-order valence-electron chi connectivity index (χ2n) is 7.06. The van der Waals surface area contributed by atoms with Crippen molar-refractivity contribution in [3.05, 3.63) is 45.7 Å². The minimum Gasteiger partial charge on any atom is -0.383 e. The third kappa shape index (κ3) is 5.46. The van der Waals surface area contributed by atoms with E-state index in [0.717, 1.165) is 11.5 Å². The molecule has 152 valence electrons. The van der Waals surface area contributed by atoms with Crippen LogP contribution >= 0.6 is 23.1 Å². The van der Waals surface area contributed by atoms with Crippen LogP contribution in [-0.2, 0) is 9.53 Å². The number of nitrogens with zero attached hydrogens (tertiary/aromatic N) is 3. The van der Waals surface area contributed by atoms with E-state index in [1.165, 1.54) is 35.6 Å². The van der Waals surface area contributed by atoms with Gasteiger partial charge in [0.15, 0.2) is 5.69 Å². The van der Waals surface area contributed by atoms with Crippen molar-refractivity contribution < 1.29 is 18.7 Å². The van der Waals surface area contributed by atoms with E-state index < -0.39 is 29.2 Å². The Bertz CT molecular complexity index is 806. The van der Waals surface area contributed by atoms with Crippen LogP contribution in [0.2, 0.25) is 5.02 Å². The van der Waals surface area contributed by atoms with E-state index in [2.05, 4.69) is 14.9 Å². The Labute approximate surface area is 172 Å². The van der Waals surface area contributed by atoms with Crippen molar-refractivity contribution in [1.82, 2.24) is 19.8 Å². The Morgan fingerprint density at radius 1 is 1.39 bits per heavy atom. The van der Waals surface area contributed by atoms with E-state index in [0.29, 0.717) is 0 Å². The van der Waals surface area contributed by atoms with Crippen molar-refractivity contribution >= 4 is 34.9 Å². The highest BCUT2D eigenvalue weighted by atomic mass is 35.5. The van der Waals surface area contributed by atoms with Crippen molar-refractivity contribution in [3.8, 4) is 0 Å². The molecule has 0 bridgehead atoms. The van der Waals surface area contributed by atoms with E-state index in [1.54, 1.807) is 20.8 Å². The fourth-order valence-electron chi connectivity index (χ4n) is 2.58. The lowest BCUT2D eigenvalue weighted by atomic mass is 10.0. The first-order valence-electron chi connectivity index (χ1n) is 8.48. The van der Waals surface area contributed by atoms with Crippen LogP contribution in [0.5, 0.6) is 0 Å². The Morgan fingerprint density at radius 3 is 2.64 bits per heavy atom. The van der Waals surface area contributed by atoms with E-state index in [4.69, 9.17) is 16.3 Å². The largest absolute Gasteiger partial charge is 0.383 e. The maximum Gasteiger partial charge on any atom is 0.276 e.